The first kappa shape index (κ1) is 19.7. The van der Waals surface area contributed by atoms with Crippen molar-refractivity contribution in [3.63, 3.8) is 0 Å². The number of nitrogens with one attached hydrogen (secondary N) is 2. The molecule has 1 heterocycles. The molecule has 1 aromatic heterocycles. The highest BCUT2D eigenvalue weighted by atomic mass is 32.2. The van der Waals surface area contributed by atoms with Gasteiger partial charge in [0.1, 0.15) is 0 Å². The number of nitrogens with zero attached hydrogens (tertiary/aromatic N) is 1. The van der Waals surface area contributed by atoms with Crippen LogP contribution >= 0.6 is 0 Å². The highest BCUT2D eigenvalue weighted by Crippen LogP contribution is 2.20. The number of rotatable bonds is 5. The van der Waals surface area contributed by atoms with Gasteiger partial charge in [-0.15, -0.1) is 0 Å². The van der Waals surface area contributed by atoms with Gasteiger partial charge >= 0.3 is 6.03 Å². The molecule has 0 radical (unpaired) electrons. The van der Waals surface area contributed by atoms with Crippen molar-refractivity contribution in [2.75, 3.05) is 0 Å². The van der Waals surface area contributed by atoms with Gasteiger partial charge < -0.3 is 9.88 Å². The van der Waals surface area contributed by atoms with E-state index in [1.54, 1.807) is 12.1 Å². The molecule has 2 N–H and O–H groups in total. The normalized spacial score (nSPS) is 11.2. The highest BCUT2D eigenvalue weighted by molar-refractivity contribution is 7.90. The van der Waals surface area contributed by atoms with Gasteiger partial charge in [-0.05, 0) is 56.7 Å². The number of hydrogen-bond acceptors (Lipinski definition) is 3. The van der Waals surface area contributed by atoms with Crippen molar-refractivity contribution in [1.29, 1.82) is 0 Å². The van der Waals surface area contributed by atoms with Crippen LogP contribution in [0.3, 0.4) is 0 Å². The Morgan fingerprint density at radius 1 is 0.964 bits per heavy atom. The zero-order valence-electron chi connectivity index (χ0n) is 16.1. The molecule has 0 saturated heterocycles. The first-order chi connectivity index (χ1) is 13.3. The minimum atomic E-state index is -3.90. The molecule has 0 saturated carbocycles. The molecule has 0 spiro atoms. The Kier molecular flexibility index (Phi) is 5.56. The lowest BCUT2D eigenvalue weighted by Crippen LogP contribution is -2.39. The van der Waals surface area contributed by atoms with Crippen LogP contribution in [0.15, 0.2) is 65.6 Å². The molecule has 146 valence electrons. The number of aromatic nitrogens is 1. The zero-order chi connectivity index (χ0) is 20.3. The third-order valence-corrected chi connectivity index (χ3v) is 5.89. The maximum absolute atomic E-state index is 12.3. The summed E-state index contributed by atoms with van der Waals surface area (Å²) in [6.07, 6.45) is 0. The second-order valence-electron chi connectivity index (χ2n) is 6.67. The van der Waals surface area contributed by atoms with Crippen LogP contribution in [0.25, 0.3) is 5.69 Å². The predicted molar refractivity (Wildman–Crippen MR) is 109 cm³/mol. The van der Waals surface area contributed by atoms with Crippen molar-refractivity contribution in [3.8, 4) is 5.69 Å². The molecule has 0 aliphatic rings. The van der Waals surface area contributed by atoms with Crippen molar-refractivity contribution < 1.29 is 13.2 Å². The molecule has 28 heavy (non-hydrogen) atoms. The minimum Gasteiger partial charge on any atom is -0.333 e. The van der Waals surface area contributed by atoms with Crippen LogP contribution in [0, 0.1) is 20.8 Å². The highest BCUT2D eigenvalue weighted by Gasteiger charge is 2.18. The Hall–Kier alpha value is -3.06. The monoisotopic (exact) mass is 397 g/mol. The molecule has 3 rings (SSSR count). The average Bonchev–Trinajstić information content (AvgIpc) is 2.94. The van der Waals surface area contributed by atoms with Gasteiger partial charge in [0.25, 0.3) is 10.0 Å². The number of benzene rings is 2. The van der Waals surface area contributed by atoms with Crippen molar-refractivity contribution >= 4 is 16.1 Å². The van der Waals surface area contributed by atoms with E-state index in [9.17, 15) is 13.2 Å². The van der Waals surface area contributed by atoms with Crippen molar-refractivity contribution in [1.82, 2.24) is 14.6 Å². The Morgan fingerprint density at radius 3 is 2.25 bits per heavy atom. The van der Waals surface area contributed by atoms with E-state index in [1.807, 2.05) is 57.2 Å². The number of para-hydroxylation sites is 1. The van der Waals surface area contributed by atoms with Crippen LogP contribution in [-0.4, -0.2) is 19.0 Å². The molecule has 0 bridgehead atoms. The van der Waals surface area contributed by atoms with E-state index in [4.69, 9.17) is 0 Å². The molecule has 7 heteroatoms. The fourth-order valence-corrected chi connectivity index (χ4v) is 4.02. The smallest absolute Gasteiger partial charge is 0.328 e. The molecule has 2 aromatic carbocycles. The summed E-state index contributed by atoms with van der Waals surface area (Å²) in [6, 6.07) is 17.5. The van der Waals surface area contributed by atoms with Crippen molar-refractivity contribution in [2.45, 2.75) is 32.2 Å². The van der Waals surface area contributed by atoms with E-state index in [-0.39, 0.29) is 11.4 Å². The van der Waals surface area contributed by atoms with E-state index >= 15 is 0 Å². The lowest BCUT2D eigenvalue weighted by atomic mass is 10.2. The number of aryl methyl sites for hydroxylation is 2. The van der Waals surface area contributed by atoms with E-state index in [0.29, 0.717) is 0 Å². The first-order valence-electron chi connectivity index (χ1n) is 8.88. The maximum Gasteiger partial charge on any atom is 0.328 e. The van der Waals surface area contributed by atoms with Crippen LogP contribution in [0.4, 0.5) is 4.79 Å². The number of sulfonamides is 1. The van der Waals surface area contributed by atoms with Gasteiger partial charge in [0, 0.05) is 23.6 Å². The standard InChI is InChI=1S/C21H23N3O3S/c1-15-9-11-20(12-10-15)28(26,27)23-21(25)22-14-18-13-16(2)24(17(18)3)19-7-5-4-6-8-19/h4-13H,14H2,1-3H3,(H2,22,23,25). The van der Waals surface area contributed by atoms with Crippen molar-refractivity contribution in [2.24, 2.45) is 0 Å². The lowest BCUT2D eigenvalue weighted by molar-refractivity contribution is 0.245. The van der Waals surface area contributed by atoms with Crippen molar-refractivity contribution in [3.05, 3.63) is 83.2 Å². The lowest BCUT2D eigenvalue weighted by Gasteiger charge is -2.11. The number of carbonyl (C=O) groups excluding carboxylic acids is 1. The van der Waals surface area contributed by atoms with Gasteiger partial charge in [-0.1, -0.05) is 35.9 Å². The molecule has 6 nitrogen and oxygen atoms in total. The maximum atomic E-state index is 12.3. The van der Waals surface area contributed by atoms with Gasteiger partial charge in [-0.2, -0.15) is 0 Å². The Labute approximate surface area is 165 Å². The summed E-state index contributed by atoms with van der Waals surface area (Å²) in [5, 5.41) is 2.63. The molecular weight excluding hydrogens is 374 g/mol. The summed E-state index contributed by atoms with van der Waals surface area (Å²) < 4.78 is 28.7. The minimum absolute atomic E-state index is 0.0514. The van der Waals surface area contributed by atoms with Crippen LogP contribution in [0.5, 0.6) is 0 Å². The fraction of sp³-hybridized carbons (Fsp3) is 0.190. The van der Waals surface area contributed by atoms with Crippen LogP contribution < -0.4 is 10.0 Å². The van der Waals surface area contributed by atoms with Crippen LogP contribution in [0.2, 0.25) is 0 Å². The molecule has 0 unspecified atom stereocenters. The Bertz CT molecular complexity index is 1090. The van der Waals surface area contributed by atoms with Gasteiger partial charge in [0.15, 0.2) is 0 Å². The zero-order valence-corrected chi connectivity index (χ0v) is 16.9. The van der Waals surface area contributed by atoms with E-state index in [2.05, 4.69) is 14.6 Å². The fourth-order valence-electron chi connectivity index (χ4n) is 3.09. The largest absolute Gasteiger partial charge is 0.333 e. The summed E-state index contributed by atoms with van der Waals surface area (Å²) in [5.74, 6) is 0. The van der Waals surface area contributed by atoms with E-state index < -0.39 is 16.1 Å². The third-order valence-electron chi connectivity index (χ3n) is 4.55. The van der Waals surface area contributed by atoms with Crippen LogP contribution in [-0.2, 0) is 16.6 Å². The predicted octanol–water partition coefficient (Wildman–Crippen LogP) is 3.59. The molecule has 3 aromatic rings. The average molecular weight is 398 g/mol. The molecule has 0 aliphatic heterocycles. The Morgan fingerprint density at radius 2 is 1.61 bits per heavy atom. The van der Waals surface area contributed by atoms with Crippen LogP contribution in [0.1, 0.15) is 22.5 Å². The first-order valence-corrected chi connectivity index (χ1v) is 10.4. The van der Waals surface area contributed by atoms with Gasteiger partial charge in [-0.3, -0.25) is 0 Å². The number of hydrogen-bond donors (Lipinski definition) is 2. The van der Waals surface area contributed by atoms with Gasteiger partial charge in [0.2, 0.25) is 0 Å². The summed E-state index contributed by atoms with van der Waals surface area (Å²) in [5.41, 5.74) is 4.93. The molecule has 0 aliphatic carbocycles. The Balaban J connectivity index is 1.69. The molecular formula is C21H23N3O3S. The number of urea groups is 1. The summed E-state index contributed by atoms with van der Waals surface area (Å²) in [7, 11) is -3.90. The second kappa shape index (κ2) is 7.90. The third kappa shape index (κ3) is 4.26. The molecule has 0 atom stereocenters. The SMILES string of the molecule is Cc1ccc(S(=O)(=O)NC(=O)NCc2cc(C)n(-c3ccccc3)c2C)cc1. The van der Waals surface area contributed by atoms with Gasteiger partial charge in [-0.25, -0.2) is 17.9 Å². The van der Waals surface area contributed by atoms with Gasteiger partial charge in [0.05, 0.1) is 4.90 Å². The molecule has 2 amide bonds. The second-order valence-corrected chi connectivity index (χ2v) is 8.35. The summed E-state index contributed by atoms with van der Waals surface area (Å²) >= 11 is 0. The quantitative estimate of drug-likeness (QED) is 0.690. The van der Waals surface area contributed by atoms with E-state index in [0.717, 1.165) is 28.2 Å². The van der Waals surface area contributed by atoms with E-state index in [1.165, 1.54) is 12.1 Å². The topological polar surface area (TPSA) is 80.2 Å². The summed E-state index contributed by atoms with van der Waals surface area (Å²) in [4.78, 5) is 12.2. The summed E-state index contributed by atoms with van der Waals surface area (Å²) in [6.45, 7) is 6.05. The number of amides is 2. The number of carbonyl (C=O) groups is 1. The molecule has 0 fully saturated rings.